The smallest absolute Gasteiger partial charge is 0.268 e. The Labute approximate surface area is 257 Å². The molecule has 2 heterocycles. The third-order valence-corrected chi connectivity index (χ3v) is 10.3. The molecule has 1 aromatic heterocycles. The molecule has 0 spiro atoms. The zero-order chi connectivity index (χ0) is 28.6. The maximum Gasteiger partial charge on any atom is 0.268 e. The van der Waals surface area contributed by atoms with Gasteiger partial charge in [-0.05, 0) is 85.1 Å². The molecule has 2 aliphatic rings. The van der Waals surface area contributed by atoms with Crippen LogP contribution in [0.2, 0.25) is 0 Å². The minimum Gasteiger partial charge on any atom is -0.308 e. The Morgan fingerprint density at radius 2 is 1.95 bits per heavy atom. The predicted octanol–water partition coefficient (Wildman–Crippen LogP) is 10.5. The summed E-state index contributed by atoms with van der Waals surface area (Å²) in [6, 6.07) is 13.3. The number of thioether (sulfide) groups is 2. The monoisotopic (exact) mass is 601 g/mol. The number of hydrogen-bond donors (Lipinski definition) is 1. The zero-order valence-electron chi connectivity index (χ0n) is 24.0. The van der Waals surface area contributed by atoms with Gasteiger partial charge in [0.05, 0.1) is 10.7 Å². The highest BCUT2D eigenvalue weighted by molar-refractivity contribution is 8.03. The molecule has 0 saturated carbocycles. The predicted molar refractivity (Wildman–Crippen MR) is 183 cm³/mol. The molecule has 0 bridgehead atoms. The summed E-state index contributed by atoms with van der Waals surface area (Å²) in [6.07, 6.45) is 15.7. The van der Waals surface area contributed by atoms with Gasteiger partial charge in [0.2, 0.25) is 5.52 Å². The van der Waals surface area contributed by atoms with Crippen molar-refractivity contribution in [2.24, 2.45) is 5.41 Å². The highest BCUT2D eigenvalue weighted by Crippen LogP contribution is 2.49. The number of nitrogens with zero attached hydrogens (tertiary/aromatic N) is 2. The first kappa shape index (κ1) is 29.1. The van der Waals surface area contributed by atoms with Gasteiger partial charge in [0, 0.05) is 40.3 Å². The zero-order valence-corrected chi connectivity index (χ0v) is 27.3. The van der Waals surface area contributed by atoms with Crippen LogP contribution in [0.5, 0.6) is 0 Å². The average Bonchev–Trinajstić information content (AvgIpc) is 3.44. The largest absolute Gasteiger partial charge is 0.308 e. The number of hydrogen-bond acceptors (Lipinski definition) is 5. The van der Waals surface area contributed by atoms with Gasteiger partial charge in [-0.2, -0.15) is 12.6 Å². The molecule has 0 saturated heterocycles. The van der Waals surface area contributed by atoms with Gasteiger partial charge in [-0.1, -0.05) is 67.8 Å². The second-order valence-electron chi connectivity index (χ2n) is 11.3. The average molecular weight is 602 g/mol. The van der Waals surface area contributed by atoms with Gasteiger partial charge < -0.3 is 4.90 Å². The van der Waals surface area contributed by atoms with Crippen LogP contribution < -0.4 is 9.47 Å². The normalized spacial score (nSPS) is 18.6. The van der Waals surface area contributed by atoms with Crippen molar-refractivity contribution >= 4 is 75.2 Å². The molecule has 3 aromatic rings. The van der Waals surface area contributed by atoms with Crippen LogP contribution in [-0.2, 0) is 5.75 Å². The summed E-state index contributed by atoms with van der Waals surface area (Å²) in [6.45, 7) is 17.5. The van der Waals surface area contributed by atoms with E-state index in [2.05, 4.69) is 136 Å². The molecule has 0 N–H and O–H groups in total. The SMILES string of the molecule is C=C(C)N1/C(=C/C=C/C2=CC(=C/c3sc4ccc(CS)cc4[n+]3C(=C)C)/CC(C)(C)C2)Sc2ccc(SC)cc21. The second kappa shape index (κ2) is 11.8. The van der Waals surface area contributed by atoms with E-state index in [1.807, 2.05) is 23.1 Å². The van der Waals surface area contributed by atoms with Gasteiger partial charge >= 0.3 is 0 Å². The summed E-state index contributed by atoms with van der Waals surface area (Å²) in [5.41, 5.74) is 8.62. The van der Waals surface area contributed by atoms with Crippen molar-refractivity contribution < 1.29 is 4.57 Å². The van der Waals surface area contributed by atoms with E-state index in [-0.39, 0.29) is 5.41 Å². The lowest BCUT2D eigenvalue weighted by molar-refractivity contribution is -0.549. The molecule has 2 nitrogen and oxygen atoms in total. The summed E-state index contributed by atoms with van der Waals surface area (Å²) in [5.74, 6) is 0.731. The van der Waals surface area contributed by atoms with Crippen LogP contribution in [0.3, 0.4) is 0 Å². The minimum absolute atomic E-state index is 0.188. The third-order valence-electron chi connectivity index (χ3n) is 7.08. The van der Waals surface area contributed by atoms with E-state index < -0.39 is 0 Å². The minimum atomic E-state index is 0.188. The van der Waals surface area contributed by atoms with Crippen molar-refractivity contribution in [2.75, 3.05) is 11.2 Å². The molecule has 6 heteroatoms. The third kappa shape index (κ3) is 6.11. The Kier molecular flexibility index (Phi) is 8.63. The van der Waals surface area contributed by atoms with E-state index in [1.54, 1.807) is 11.8 Å². The summed E-state index contributed by atoms with van der Waals surface area (Å²) in [5, 5.41) is 2.41. The van der Waals surface area contributed by atoms with E-state index >= 15 is 0 Å². The van der Waals surface area contributed by atoms with Crippen LogP contribution in [0.1, 0.15) is 51.1 Å². The lowest BCUT2D eigenvalue weighted by atomic mass is 9.75. The second-order valence-corrected chi connectivity index (χ2v) is 14.6. The molecule has 5 rings (SSSR count). The number of benzene rings is 2. The highest BCUT2D eigenvalue weighted by Gasteiger charge is 2.28. The van der Waals surface area contributed by atoms with Gasteiger partial charge in [0.25, 0.3) is 5.01 Å². The molecule has 0 unspecified atom stereocenters. The highest BCUT2D eigenvalue weighted by atomic mass is 32.2. The molecular formula is C34H37N2S4+. The van der Waals surface area contributed by atoms with Crippen molar-refractivity contribution in [3.63, 3.8) is 0 Å². The van der Waals surface area contributed by atoms with Crippen LogP contribution in [0.4, 0.5) is 5.69 Å². The number of aromatic nitrogens is 1. The molecule has 0 atom stereocenters. The van der Waals surface area contributed by atoms with E-state index in [0.717, 1.165) is 30.0 Å². The maximum absolute atomic E-state index is 4.49. The van der Waals surface area contributed by atoms with Gasteiger partial charge in [-0.3, -0.25) is 0 Å². The molecule has 206 valence electrons. The van der Waals surface area contributed by atoms with Crippen molar-refractivity contribution in [1.29, 1.82) is 0 Å². The van der Waals surface area contributed by atoms with Gasteiger partial charge in [0.15, 0.2) is 5.70 Å². The lowest BCUT2D eigenvalue weighted by Gasteiger charge is -2.30. The number of thiazole rings is 1. The molecule has 2 aromatic carbocycles. The van der Waals surface area contributed by atoms with Crippen molar-refractivity contribution in [3.05, 3.63) is 106 Å². The van der Waals surface area contributed by atoms with E-state index in [9.17, 15) is 0 Å². The van der Waals surface area contributed by atoms with Crippen LogP contribution in [-0.4, -0.2) is 6.26 Å². The first-order chi connectivity index (χ1) is 19.1. The van der Waals surface area contributed by atoms with Crippen LogP contribution >= 0.6 is 47.5 Å². The maximum atomic E-state index is 4.49. The number of fused-ring (bicyclic) bond motifs is 2. The molecule has 1 aliphatic heterocycles. The van der Waals surface area contributed by atoms with Crippen LogP contribution in [0, 0.1) is 5.41 Å². The van der Waals surface area contributed by atoms with Crippen molar-refractivity contribution in [2.45, 2.75) is 56.1 Å². The van der Waals surface area contributed by atoms with Crippen LogP contribution in [0.25, 0.3) is 22.0 Å². The Balaban J connectivity index is 1.47. The fourth-order valence-electron chi connectivity index (χ4n) is 5.47. The Bertz CT molecular complexity index is 1630. The fourth-order valence-corrected chi connectivity index (χ4v) is 8.38. The summed E-state index contributed by atoms with van der Waals surface area (Å²) >= 11 is 9.90. The first-order valence-corrected chi connectivity index (χ1v) is 16.9. The standard InChI is InChI=1S/C34H36N2S4/c1-22(2)35-29-18-27(38-7)12-14-31(29)39-32(35)10-8-9-24-15-26(20-34(5,6)19-24)17-33-36(23(3)4)28-16-25(21-37)11-13-30(28)40-33/h8-18H,1,3,19-21H2,2,4-7H3/p+1. The molecule has 40 heavy (non-hydrogen) atoms. The Morgan fingerprint density at radius 1 is 1.15 bits per heavy atom. The lowest BCUT2D eigenvalue weighted by Crippen LogP contribution is -2.32. The van der Waals surface area contributed by atoms with Crippen LogP contribution in [0.15, 0.2) is 106 Å². The molecule has 1 aliphatic carbocycles. The number of rotatable bonds is 7. The molecule has 0 amide bonds. The van der Waals surface area contributed by atoms with Gasteiger partial charge in [-0.15, -0.1) is 16.3 Å². The number of anilines is 1. The Morgan fingerprint density at radius 3 is 2.65 bits per heavy atom. The first-order valence-electron chi connectivity index (χ1n) is 13.4. The summed E-state index contributed by atoms with van der Waals surface area (Å²) in [7, 11) is 0. The number of allylic oxidation sites excluding steroid dienone is 8. The Hall–Kier alpha value is -2.38. The number of thiol groups is 1. The van der Waals surface area contributed by atoms with Gasteiger partial charge in [-0.25, -0.2) is 0 Å². The van der Waals surface area contributed by atoms with Gasteiger partial charge in [0.1, 0.15) is 4.70 Å². The fraction of sp³-hybridized carbons (Fsp3) is 0.265. The topological polar surface area (TPSA) is 7.12 Å². The van der Waals surface area contributed by atoms with E-state index in [1.165, 1.54) is 52.4 Å². The molecule has 0 radical (unpaired) electrons. The van der Waals surface area contributed by atoms with E-state index in [0.29, 0.717) is 0 Å². The van der Waals surface area contributed by atoms with E-state index in [4.69, 9.17) is 0 Å². The summed E-state index contributed by atoms with van der Waals surface area (Å²) < 4.78 is 3.56. The summed E-state index contributed by atoms with van der Waals surface area (Å²) in [4.78, 5) is 4.82. The quantitative estimate of drug-likeness (QED) is 0.164. The van der Waals surface area contributed by atoms with Crippen molar-refractivity contribution in [3.8, 4) is 0 Å². The molecular weight excluding hydrogens is 565 g/mol. The van der Waals surface area contributed by atoms with Crippen molar-refractivity contribution in [1.82, 2.24) is 0 Å². The molecule has 0 fully saturated rings.